The van der Waals surface area contributed by atoms with Crippen molar-refractivity contribution in [1.29, 1.82) is 0 Å². The van der Waals surface area contributed by atoms with Crippen molar-refractivity contribution in [2.75, 3.05) is 23.9 Å². The maximum Gasteiger partial charge on any atom is 0.332 e. The highest BCUT2D eigenvalue weighted by Crippen LogP contribution is 2.34. The van der Waals surface area contributed by atoms with Gasteiger partial charge in [-0.25, -0.2) is 4.79 Å². The lowest BCUT2D eigenvalue weighted by Crippen LogP contribution is -2.47. The Hall–Kier alpha value is -0.870. The Labute approximate surface area is 110 Å². The first-order valence-corrected chi connectivity index (χ1v) is 6.90. The van der Waals surface area contributed by atoms with Crippen LogP contribution in [-0.2, 0) is 9.53 Å². The lowest BCUT2D eigenvalue weighted by atomic mass is 9.98. The number of hydrogen-bond donors (Lipinski definition) is 1. The van der Waals surface area contributed by atoms with Crippen LogP contribution >= 0.6 is 23.4 Å². The molecule has 0 bridgehead atoms. The number of carbonyl (C=O) groups excluding carboxylic acids is 1. The molecule has 1 atom stereocenters. The molecule has 1 aliphatic rings. The number of methoxy groups -OCH3 is 1. The lowest BCUT2D eigenvalue weighted by molar-refractivity contribution is -0.145. The van der Waals surface area contributed by atoms with E-state index in [1.165, 1.54) is 7.11 Å². The van der Waals surface area contributed by atoms with Crippen molar-refractivity contribution in [3.63, 3.8) is 0 Å². The molecule has 17 heavy (non-hydrogen) atoms. The minimum absolute atomic E-state index is 0.220. The number of benzene rings is 1. The Bertz CT molecular complexity index is 419. The second-order valence-corrected chi connectivity index (χ2v) is 5.49. The molecule has 0 spiro atoms. The molecular weight excluding hydrogens is 258 g/mol. The topological polar surface area (TPSA) is 38.3 Å². The van der Waals surface area contributed by atoms with Crippen molar-refractivity contribution in [1.82, 2.24) is 0 Å². The number of ether oxygens (including phenoxy) is 1. The maximum absolute atomic E-state index is 11.9. The molecule has 0 saturated carbocycles. The number of anilines is 1. The third-order valence-corrected chi connectivity index (χ3v) is 4.36. The Morgan fingerprint density at radius 1 is 1.53 bits per heavy atom. The monoisotopic (exact) mass is 271 g/mol. The zero-order valence-corrected chi connectivity index (χ0v) is 11.1. The van der Waals surface area contributed by atoms with E-state index in [2.05, 4.69) is 5.32 Å². The van der Waals surface area contributed by atoms with Gasteiger partial charge < -0.3 is 10.1 Å². The van der Waals surface area contributed by atoms with E-state index < -0.39 is 5.54 Å². The van der Waals surface area contributed by atoms with Crippen molar-refractivity contribution < 1.29 is 9.53 Å². The van der Waals surface area contributed by atoms with Gasteiger partial charge in [-0.2, -0.15) is 11.8 Å². The molecule has 0 radical (unpaired) electrons. The number of carbonyl (C=O) groups is 1. The highest BCUT2D eigenvalue weighted by Gasteiger charge is 2.43. The summed E-state index contributed by atoms with van der Waals surface area (Å²) >= 11 is 7.83. The summed E-state index contributed by atoms with van der Waals surface area (Å²) in [6.07, 6.45) is 0.759. The van der Waals surface area contributed by atoms with Crippen molar-refractivity contribution in [3.05, 3.63) is 29.3 Å². The van der Waals surface area contributed by atoms with Crippen LogP contribution in [0.4, 0.5) is 5.69 Å². The molecule has 5 heteroatoms. The van der Waals surface area contributed by atoms with Crippen LogP contribution in [0.3, 0.4) is 0 Å². The summed E-state index contributed by atoms with van der Waals surface area (Å²) in [5.74, 6) is 1.44. The molecule has 0 aromatic heterocycles. The van der Waals surface area contributed by atoms with Crippen molar-refractivity contribution in [3.8, 4) is 0 Å². The lowest BCUT2D eigenvalue weighted by Gasteiger charge is -2.28. The Balaban J connectivity index is 2.25. The van der Waals surface area contributed by atoms with Gasteiger partial charge in [0.1, 0.15) is 5.54 Å². The first-order valence-electron chi connectivity index (χ1n) is 5.37. The summed E-state index contributed by atoms with van der Waals surface area (Å²) in [5, 5.41) is 3.86. The van der Waals surface area contributed by atoms with Crippen LogP contribution in [0.2, 0.25) is 5.02 Å². The highest BCUT2D eigenvalue weighted by atomic mass is 35.5. The van der Waals surface area contributed by atoms with Crippen LogP contribution in [-0.4, -0.2) is 30.1 Å². The molecule has 1 aliphatic heterocycles. The van der Waals surface area contributed by atoms with Gasteiger partial charge >= 0.3 is 5.97 Å². The molecule has 1 saturated heterocycles. The van der Waals surface area contributed by atoms with Crippen LogP contribution < -0.4 is 5.32 Å². The molecule has 0 amide bonds. The Morgan fingerprint density at radius 2 is 2.29 bits per heavy atom. The van der Waals surface area contributed by atoms with Crippen LogP contribution in [0.5, 0.6) is 0 Å². The molecule has 1 unspecified atom stereocenters. The van der Waals surface area contributed by atoms with E-state index >= 15 is 0 Å². The number of halogens is 1. The molecule has 92 valence electrons. The largest absolute Gasteiger partial charge is 0.467 e. The predicted molar refractivity (Wildman–Crippen MR) is 71.8 cm³/mol. The van der Waals surface area contributed by atoms with Gasteiger partial charge in [0.15, 0.2) is 0 Å². The smallest absolute Gasteiger partial charge is 0.332 e. The zero-order valence-electron chi connectivity index (χ0n) is 9.53. The summed E-state index contributed by atoms with van der Waals surface area (Å²) in [6.45, 7) is 0. The van der Waals surface area contributed by atoms with E-state index in [9.17, 15) is 4.79 Å². The summed E-state index contributed by atoms with van der Waals surface area (Å²) < 4.78 is 4.89. The van der Waals surface area contributed by atoms with Crippen LogP contribution in [0.1, 0.15) is 6.42 Å². The van der Waals surface area contributed by atoms with Gasteiger partial charge in [-0.15, -0.1) is 0 Å². The average Bonchev–Trinajstić information content (AvgIpc) is 2.81. The second kappa shape index (κ2) is 5.19. The summed E-state index contributed by atoms with van der Waals surface area (Å²) in [4.78, 5) is 11.9. The Kier molecular flexibility index (Phi) is 3.84. The zero-order chi connectivity index (χ0) is 12.3. The number of nitrogens with one attached hydrogen (secondary N) is 1. The highest BCUT2D eigenvalue weighted by molar-refractivity contribution is 7.99. The summed E-state index contributed by atoms with van der Waals surface area (Å²) in [5.41, 5.74) is 0.145. The molecule has 1 N–H and O–H groups in total. The normalized spacial score (nSPS) is 23.4. The van der Waals surface area contributed by atoms with Crippen molar-refractivity contribution >= 4 is 35.0 Å². The molecule has 0 aliphatic carbocycles. The number of thioether (sulfide) groups is 1. The SMILES string of the molecule is COC(=O)C1(Nc2ccccc2Cl)CCSC1. The van der Waals surface area contributed by atoms with E-state index in [1.807, 2.05) is 18.2 Å². The van der Waals surface area contributed by atoms with E-state index in [4.69, 9.17) is 16.3 Å². The number of rotatable bonds is 3. The van der Waals surface area contributed by atoms with Gasteiger partial charge in [0.25, 0.3) is 0 Å². The van der Waals surface area contributed by atoms with E-state index in [0.29, 0.717) is 10.8 Å². The number of esters is 1. The van der Waals surface area contributed by atoms with Crippen molar-refractivity contribution in [2.45, 2.75) is 12.0 Å². The first kappa shape index (κ1) is 12.6. The van der Waals surface area contributed by atoms with E-state index in [0.717, 1.165) is 17.9 Å². The van der Waals surface area contributed by atoms with E-state index in [1.54, 1.807) is 17.8 Å². The van der Waals surface area contributed by atoms with Gasteiger partial charge in [-0.3, -0.25) is 0 Å². The number of hydrogen-bond acceptors (Lipinski definition) is 4. The predicted octanol–water partition coefficient (Wildman–Crippen LogP) is 2.80. The summed E-state index contributed by atoms with van der Waals surface area (Å²) in [7, 11) is 1.42. The van der Waals surface area contributed by atoms with Crippen LogP contribution in [0.15, 0.2) is 24.3 Å². The average molecular weight is 272 g/mol. The van der Waals surface area contributed by atoms with Gasteiger partial charge in [0.2, 0.25) is 0 Å². The van der Waals surface area contributed by atoms with Crippen LogP contribution in [0, 0.1) is 0 Å². The third kappa shape index (κ3) is 2.53. The molecule has 1 heterocycles. The fraction of sp³-hybridized carbons (Fsp3) is 0.417. The maximum atomic E-state index is 11.9. The molecule has 2 rings (SSSR count). The van der Waals surface area contributed by atoms with Gasteiger partial charge in [0.05, 0.1) is 17.8 Å². The molecule has 3 nitrogen and oxygen atoms in total. The van der Waals surface area contributed by atoms with Gasteiger partial charge in [0, 0.05) is 5.75 Å². The Morgan fingerprint density at radius 3 is 2.88 bits per heavy atom. The van der Waals surface area contributed by atoms with Gasteiger partial charge in [-0.05, 0) is 24.3 Å². The van der Waals surface area contributed by atoms with Gasteiger partial charge in [-0.1, -0.05) is 23.7 Å². The van der Waals surface area contributed by atoms with E-state index in [-0.39, 0.29) is 5.97 Å². The first-order chi connectivity index (χ1) is 8.18. The quantitative estimate of drug-likeness (QED) is 0.858. The fourth-order valence-corrected chi connectivity index (χ4v) is 3.39. The second-order valence-electron chi connectivity index (χ2n) is 3.98. The number of para-hydroxylation sites is 1. The minimum Gasteiger partial charge on any atom is -0.467 e. The fourth-order valence-electron chi connectivity index (χ4n) is 1.89. The molecule has 1 aromatic carbocycles. The summed E-state index contributed by atoms with van der Waals surface area (Å²) in [6, 6.07) is 7.43. The van der Waals surface area contributed by atoms with Crippen molar-refractivity contribution in [2.24, 2.45) is 0 Å². The molecule has 1 fully saturated rings. The molecular formula is C12H14ClNO2S. The molecule has 1 aromatic rings. The third-order valence-electron chi connectivity index (χ3n) is 2.85. The standard InChI is InChI=1S/C12H14ClNO2S/c1-16-11(15)12(6-7-17-8-12)14-10-5-3-2-4-9(10)13/h2-5,14H,6-8H2,1H3. The minimum atomic E-state index is -0.635. The van der Waals surface area contributed by atoms with Crippen LogP contribution in [0.25, 0.3) is 0 Å².